The first kappa shape index (κ1) is 22.7. The maximum atomic E-state index is 13.2. The molecule has 0 radical (unpaired) electrons. The van der Waals surface area contributed by atoms with Crippen LogP contribution < -0.4 is 4.72 Å². The van der Waals surface area contributed by atoms with Crippen molar-refractivity contribution in [1.29, 1.82) is 0 Å². The van der Waals surface area contributed by atoms with Crippen molar-refractivity contribution < 1.29 is 33.9 Å². The van der Waals surface area contributed by atoms with Crippen LogP contribution in [-0.4, -0.2) is 26.6 Å². The number of nitrogens with zero attached hydrogens (tertiary/aromatic N) is 2. The SMILES string of the molecule is CCc1c(NS(=O)(=O)c2cccc(S(=O)(=O)F)c2)cnn1-c1ccc(C(F)(F)F)cc1. The van der Waals surface area contributed by atoms with Crippen molar-refractivity contribution in [3.05, 3.63) is 66.0 Å². The Morgan fingerprint density at radius 3 is 2.16 bits per heavy atom. The molecule has 2 aromatic carbocycles. The first-order valence-corrected chi connectivity index (χ1v) is 11.5. The molecule has 0 aliphatic heterocycles. The standard InChI is InChI=1S/C18H15F4N3O4S2/c1-2-17-16(11-23-25(17)13-8-6-12(7-9-13)18(19,20)21)24-31(28,29)15-5-3-4-14(10-15)30(22,26)27/h3-11,24H,2H2,1H3. The van der Waals surface area contributed by atoms with E-state index in [-0.39, 0.29) is 17.8 Å². The van der Waals surface area contributed by atoms with Crippen LogP contribution in [0.15, 0.2) is 64.5 Å². The largest absolute Gasteiger partial charge is 0.416 e. The highest BCUT2D eigenvalue weighted by molar-refractivity contribution is 7.92. The van der Waals surface area contributed by atoms with E-state index >= 15 is 0 Å². The molecule has 0 saturated carbocycles. The highest BCUT2D eigenvalue weighted by atomic mass is 32.3. The summed E-state index contributed by atoms with van der Waals surface area (Å²) >= 11 is 0. The third kappa shape index (κ3) is 4.88. The number of nitrogens with one attached hydrogen (secondary N) is 1. The number of hydrogen-bond acceptors (Lipinski definition) is 5. The number of sulfonamides is 1. The van der Waals surface area contributed by atoms with Crippen LogP contribution >= 0.6 is 0 Å². The minimum absolute atomic E-state index is 0.0379. The molecule has 7 nitrogen and oxygen atoms in total. The van der Waals surface area contributed by atoms with Gasteiger partial charge < -0.3 is 0 Å². The summed E-state index contributed by atoms with van der Waals surface area (Å²) in [6.45, 7) is 1.69. The van der Waals surface area contributed by atoms with Crippen molar-refractivity contribution in [2.24, 2.45) is 0 Å². The maximum Gasteiger partial charge on any atom is 0.416 e. The number of benzene rings is 2. The summed E-state index contributed by atoms with van der Waals surface area (Å²) in [7, 11) is -9.41. The monoisotopic (exact) mass is 477 g/mol. The van der Waals surface area contributed by atoms with Crippen molar-refractivity contribution in [2.45, 2.75) is 29.3 Å². The Labute approximate surface area is 175 Å². The van der Waals surface area contributed by atoms with Gasteiger partial charge in [0.05, 0.1) is 38.6 Å². The van der Waals surface area contributed by atoms with Crippen molar-refractivity contribution in [2.75, 3.05) is 4.72 Å². The molecule has 31 heavy (non-hydrogen) atoms. The van der Waals surface area contributed by atoms with Crippen LogP contribution in [0.2, 0.25) is 0 Å². The zero-order chi connectivity index (χ0) is 23.0. The molecule has 0 aliphatic rings. The molecule has 0 aliphatic carbocycles. The van der Waals surface area contributed by atoms with E-state index in [0.717, 1.165) is 30.3 Å². The van der Waals surface area contributed by atoms with Crippen molar-refractivity contribution in [3.8, 4) is 5.69 Å². The second-order valence-corrected chi connectivity index (χ2v) is 9.36. The normalized spacial score (nSPS) is 12.7. The van der Waals surface area contributed by atoms with Crippen molar-refractivity contribution in [3.63, 3.8) is 0 Å². The fourth-order valence-corrected chi connectivity index (χ4v) is 4.51. The zero-order valence-corrected chi connectivity index (χ0v) is 17.4. The third-order valence-electron chi connectivity index (χ3n) is 4.28. The van der Waals surface area contributed by atoms with Crippen LogP contribution in [0, 0.1) is 0 Å². The van der Waals surface area contributed by atoms with Crippen LogP contribution in [0.5, 0.6) is 0 Å². The molecule has 166 valence electrons. The smallest absolute Gasteiger partial charge is 0.276 e. The van der Waals surface area contributed by atoms with Gasteiger partial charge >= 0.3 is 16.4 Å². The van der Waals surface area contributed by atoms with E-state index in [0.29, 0.717) is 11.8 Å². The molecule has 0 atom stereocenters. The predicted molar refractivity (Wildman–Crippen MR) is 103 cm³/mol. The molecule has 0 fully saturated rings. The van der Waals surface area contributed by atoms with Gasteiger partial charge in [-0.1, -0.05) is 13.0 Å². The highest BCUT2D eigenvalue weighted by Gasteiger charge is 2.30. The van der Waals surface area contributed by atoms with E-state index in [1.807, 2.05) is 0 Å². The Kier molecular flexibility index (Phi) is 5.84. The van der Waals surface area contributed by atoms with E-state index < -0.39 is 41.8 Å². The van der Waals surface area contributed by atoms with Gasteiger partial charge in [0.25, 0.3) is 10.0 Å². The molecule has 0 bridgehead atoms. The summed E-state index contributed by atoms with van der Waals surface area (Å²) in [5.74, 6) is 0. The topological polar surface area (TPSA) is 98.1 Å². The average Bonchev–Trinajstić information content (AvgIpc) is 3.08. The number of alkyl halides is 3. The lowest BCUT2D eigenvalue weighted by Crippen LogP contribution is -2.14. The molecular weight excluding hydrogens is 462 g/mol. The molecule has 1 N–H and O–H groups in total. The summed E-state index contributed by atoms with van der Waals surface area (Å²) in [5.41, 5.74) is -0.181. The van der Waals surface area contributed by atoms with Gasteiger partial charge in [0.15, 0.2) is 0 Å². The second kappa shape index (κ2) is 7.96. The van der Waals surface area contributed by atoms with Gasteiger partial charge in [-0.25, -0.2) is 13.1 Å². The van der Waals surface area contributed by atoms with Gasteiger partial charge in [-0.15, -0.1) is 3.89 Å². The number of halogens is 4. The lowest BCUT2D eigenvalue weighted by atomic mass is 10.2. The van der Waals surface area contributed by atoms with E-state index in [1.54, 1.807) is 6.92 Å². The van der Waals surface area contributed by atoms with E-state index in [4.69, 9.17) is 0 Å². The van der Waals surface area contributed by atoms with E-state index in [2.05, 4.69) is 9.82 Å². The summed E-state index contributed by atoms with van der Waals surface area (Å²) in [5, 5.41) is 4.04. The fourth-order valence-electron chi connectivity index (χ4n) is 2.81. The first-order chi connectivity index (χ1) is 14.3. The quantitative estimate of drug-likeness (QED) is 0.429. The third-order valence-corrected chi connectivity index (χ3v) is 6.46. The molecule has 1 aromatic heterocycles. The van der Waals surface area contributed by atoms with Gasteiger partial charge in [-0.05, 0) is 48.9 Å². The maximum absolute atomic E-state index is 13.2. The Morgan fingerprint density at radius 2 is 1.61 bits per heavy atom. The van der Waals surface area contributed by atoms with Crippen molar-refractivity contribution in [1.82, 2.24) is 9.78 Å². The van der Waals surface area contributed by atoms with Crippen LogP contribution in [0.4, 0.5) is 22.7 Å². The average molecular weight is 477 g/mol. The highest BCUT2D eigenvalue weighted by Crippen LogP contribution is 2.30. The van der Waals surface area contributed by atoms with Gasteiger partial charge in [-0.2, -0.15) is 26.7 Å². The predicted octanol–water partition coefficient (Wildman–Crippen LogP) is 3.91. The van der Waals surface area contributed by atoms with Crippen molar-refractivity contribution >= 4 is 25.9 Å². The number of anilines is 1. The number of rotatable bonds is 6. The molecule has 0 spiro atoms. The van der Waals surface area contributed by atoms with Crippen LogP contribution in [-0.2, 0) is 32.8 Å². The molecule has 0 unspecified atom stereocenters. The number of hydrogen-bond donors (Lipinski definition) is 1. The molecule has 3 rings (SSSR count). The fraction of sp³-hybridized carbons (Fsp3) is 0.167. The Hall–Kier alpha value is -2.93. The Balaban J connectivity index is 1.96. The van der Waals surface area contributed by atoms with Gasteiger partial charge in [0.1, 0.15) is 0 Å². The molecule has 0 amide bonds. The summed E-state index contributed by atoms with van der Waals surface area (Å²) in [6.07, 6.45) is -3.07. The molecule has 13 heteroatoms. The Bertz CT molecular complexity index is 1320. The Morgan fingerprint density at radius 1 is 1.00 bits per heavy atom. The van der Waals surface area contributed by atoms with Gasteiger partial charge in [0, 0.05) is 0 Å². The molecule has 3 aromatic rings. The zero-order valence-electron chi connectivity index (χ0n) is 15.8. The lowest BCUT2D eigenvalue weighted by molar-refractivity contribution is -0.137. The lowest BCUT2D eigenvalue weighted by Gasteiger charge is -2.12. The summed E-state index contributed by atoms with van der Waals surface area (Å²) in [4.78, 5) is -1.30. The molecular formula is C18H15F4N3O4S2. The van der Waals surface area contributed by atoms with Gasteiger partial charge in [0.2, 0.25) is 0 Å². The van der Waals surface area contributed by atoms with E-state index in [9.17, 15) is 33.9 Å². The van der Waals surface area contributed by atoms with Gasteiger partial charge in [-0.3, -0.25) is 4.72 Å². The minimum atomic E-state index is -5.11. The number of aromatic nitrogens is 2. The van der Waals surface area contributed by atoms with Crippen LogP contribution in [0.3, 0.4) is 0 Å². The second-order valence-electron chi connectivity index (χ2n) is 6.33. The molecule has 0 saturated heterocycles. The minimum Gasteiger partial charge on any atom is -0.276 e. The van der Waals surface area contributed by atoms with E-state index in [1.165, 1.54) is 23.0 Å². The van der Waals surface area contributed by atoms with Crippen LogP contribution in [0.25, 0.3) is 5.69 Å². The van der Waals surface area contributed by atoms with Crippen LogP contribution in [0.1, 0.15) is 18.2 Å². The molecule has 1 heterocycles. The summed E-state index contributed by atoms with van der Waals surface area (Å²) < 4.78 is 102. The summed E-state index contributed by atoms with van der Waals surface area (Å²) in [6, 6.07) is 7.90. The first-order valence-electron chi connectivity index (χ1n) is 8.65.